The molecule has 2 rings (SSSR count). The number of anilines is 2. The van der Waals surface area contributed by atoms with E-state index in [0.717, 1.165) is 12.8 Å². The molecule has 0 spiro atoms. The quantitative estimate of drug-likeness (QED) is 0.523. The Morgan fingerprint density at radius 1 is 1.07 bits per heavy atom. The molecular weight excluding hydrogens is 410 g/mol. The lowest BCUT2D eigenvalue weighted by atomic mass is 10.2. The minimum Gasteiger partial charge on any atom is -0.479 e. The molecule has 0 saturated carbocycles. The molecule has 1 atom stereocenters. The van der Waals surface area contributed by atoms with Gasteiger partial charge in [0.05, 0.1) is 5.02 Å². The molecule has 0 aliphatic rings. The molecule has 0 aliphatic heterocycles. The van der Waals surface area contributed by atoms with Crippen molar-refractivity contribution in [2.45, 2.75) is 39.2 Å². The smallest absolute Gasteiger partial charge is 0.265 e. The summed E-state index contributed by atoms with van der Waals surface area (Å²) in [6, 6.07) is 13.9. The summed E-state index contributed by atoms with van der Waals surface area (Å²) in [6.45, 7) is 3.67. The molecule has 0 radical (unpaired) electrons. The fourth-order valence-corrected chi connectivity index (χ4v) is 2.77. The molecule has 1 unspecified atom stereocenters. The zero-order chi connectivity index (χ0) is 21.2. The van der Waals surface area contributed by atoms with E-state index in [9.17, 15) is 9.59 Å². The summed E-state index contributed by atoms with van der Waals surface area (Å²) >= 11 is 11.2. The minimum absolute atomic E-state index is 0.110. The largest absolute Gasteiger partial charge is 0.479 e. The highest BCUT2D eigenvalue weighted by atomic mass is 35.5. The third-order valence-electron chi connectivity index (χ3n) is 3.93. The number of amides is 2. The van der Waals surface area contributed by atoms with Crippen LogP contribution in [0.2, 0.25) is 5.02 Å². The number of unbranched alkanes of at least 4 members (excludes halogenated alkanes) is 1. The molecule has 8 heteroatoms. The van der Waals surface area contributed by atoms with Crippen LogP contribution in [-0.4, -0.2) is 23.0 Å². The van der Waals surface area contributed by atoms with Crippen molar-refractivity contribution in [3.05, 3.63) is 53.6 Å². The van der Waals surface area contributed by atoms with Gasteiger partial charge in [-0.3, -0.25) is 9.59 Å². The molecule has 0 aliphatic carbocycles. The Morgan fingerprint density at radius 3 is 2.31 bits per heavy atom. The van der Waals surface area contributed by atoms with Gasteiger partial charge in [0.15, 0.2) is 11.2 Å². The second-order valence-corrected chi connectivity index (χ2v) is 7.18. The summed E-state index contributed by atoms with van der Waals surface area (Å²) in [7, 11) is 0. The van der Waals surface area contributed by atoms with Gasteiger partial charge >= 0.3 is 0 Å². The summed E-state index contributed by atoms with van der Waals surface area (Å²) in [4.78, 5) is 24.0. The molecule has 0 heterocycles. The zero-order valence-electron chi connectivity index (χ0n) is 16.3. The molecule has 2 amide bonds. The maximum atomic E-state index is 12.3. The molecule has 29 heavy (non-hydrogen) atoms. The van der Waals surface area contributed by atoms with Crippen molar-refractivity contribution in [3.8, 4) is 5.75 Å². The number of thiocarbonyl (C=S) groups is 1. The van der Waals surface area contributed by atoms with Crippen LogP contribution in [0.25, 0.3) is 0 Å². The molecule has 0 bridgehead atoms. The molecule has 154 valence electrons. The van der Waals surface area contributed by atoms with Crippen molar-refractivity contribution in [2.24, 2.45) is 0 Å². The second kappa shape index (κ2) is 11.4. The standard InChI is InChI=1S/C21H24ClN3O3S/c1-3-4-9-19(26)25-21(29)24-16-12-10-15(11-13-16)23-20(27)14(2)28-18-8-6-5-7-17(18)22/h5-8,10-14H,3-4,9H2,1-2H3,(H,23,27)(H2,24,25,26,29). The van der Waals surface area contributed by atoms with Gasteiger partial charge in [-0.25, -0.2) is 0 Å². The zero-order valence-corrected chi connectivity index (χ0v) is 17.9. The highest BCUT2D eigenvalue weighted by Crippen LogP contribution is 2.24. The number of para-hydroxylation sites is 1. The van der Waals surface area contributed by atoms with Crippen LogP contribution in [0.4, 0.5) is 11.4 Å². The average Bonchev–Trinajstić information content (AvgIpc) is 2.69. The second-order valence-electron chi connectivity index (χ2n) is 6.36. The van der Waals surface area contributed by atoms with Crippen molar-refractivity contribution in [3.63, 3.8) is 0 Å². The van der Waals surface area contributed by atoms with E-state index in [4.69, 9.17) is 28.6 Å². The van der Waals surface area contributed by atoms with Gasteiger partial charge in [-0.2, -0.15) is 0 Å². The maximum absolute atomic E-state index is 12.3. The summed E-state index contributed by atoms with van der Waals surface area (Å²) in [5.41, 5.74) is 1.30. The lowest BCUT2D eigenvalue weighted by Gasteiger charge is -2.16. The molecule has 2 aromatic carbocycles. The van der Waals surface area contributed by atoms with Crippen molar-refractivity contribution in [2.75, 3.05) is 10.6 Å². The first-order chi connectivity index (χ1) is 13.9. The number of nitrogens with one attached hydrogen (secondary N) is 3. The van der Waals surface area contributed by atoms with E-state index < -0.39 is 6.10 Å². The number of carbonyl (C=O) groups is 2. The Bertz CT molecular complexity index is 859. The predicted octanol–water partition coefficient (Wildman–Crippen LogP) is 4.75. The van der Waals surface area contributed by atoms with Gasteiger partial charge in [0.1, 0.15) is 5.75 Å². The normalized spacial score (nSPS) is 11.3. The molecule has 0 saturated heterocycles. The van der Waals surface area contributed by atoms with E-state index >= 15 is 0 Å². The van der Waals surface area contributed by atoms with E-state index in [2.05, 4.69) is 16.0 Å². The number of ether oxygens (including phenoxy) is 1. The molecule has 2 aromatic rings. The Balaban J connectivity index is 1.85. The van der Waals surface area contributed by atoms with Crippen molar-refractivity contribution >= 4 is 52.1 Å². The van der Waals surface area contributed by atoms with Crippen molar-refractivity contribution in [1.82, 2.24) is 5.32 Å². The topological polar surface area (TPSA) is 79.5 Å². The SMILES string of the molecule is CCCCC(=O)NC(=S)Nc1ccc(NC(=O)C(C)Oc2ccccc2Cl)cc1. The van der Waals surface area contributed by atoms with Gasteiger partial charge in [0, 0.05) is 17.8 Å². The third-order valence-corrected chi connectivity index (χ3v) is 4.45. The third kappa shape index (κ3) is 7.71. The summed E-state index contributed by atoms with van der Waals surface area (Å²) in [5.74, 6) is 0.0379. The van der Waals surface area contributed by atoms with Crippen LogP contribution in [0.3, 0.4) is 0 Å². The lowest BCUT2D eigenvalue weighted by Crippen LogP contribution is -2.33. The van der Waals surface area contributed by atoms with Crippen LogP contribution in [0.1, 0.15) is 33.1 Å². The van der Waals surface area contributed by atoms with Crippen molar-refractivity contribution < 1.29 is 14.3 Å². The molecule has 0 fully saturated rings. The van der Waals surface area contributed by atoms with Gasteiger partial charge in [-0.05, 0) is 62.0 Å². The Hall–Kier alpha value is -2.64. The van der Waals surface area contributed by atoms with E-state index in [-0.39, 0.29) is 16.9 Å². The number of hydrogen-bond donors (Lipinski definition) is 3. The molecule has 6 nitrogen and oxygen atoms in total. The summed E-state index contributed by atoms with van der Waals surface area (Å²) in [6.07, 6.45) is 1.49. The number of carbonyl (C=O) groups excluding carboxylic acids is 2. The van der Waals surface area contributed by atoms with Crippen LogP contribution in [0.15, 0.2) is 48.5 Å². The lowest BCUT2D eigenvalue weighted by molar-refractivity contribution is -0.122. The number of halogens is 1. The molecule has 0 aromatic heterocycles. The van der Waals surface area contributed by atoms with E-state index in [1.54, 1.807) is 55.5 Å². The van der Waals surface area contributed by atoms with Gasteiger partial charge in [0.2, 0.25) is 5.91 Å². The molecular formula is C21H24ClN3O3S. The number of benzene rings is 2. The van der Waals surface area contributed by atoms with Gasteiger partial charge < -0.3 is 20.7 Å². The van der Waals surface area contributed by atoms with Crippen LogP contribution in [-0.2, 0) is 9.59 Å². The average molecular weight is 434 g/mol. The van der Waals surface area contributed by atoms with E-state index in [0.29, 0.717) is 28.6 Å². The summed E-state index contributed by atoms with van der Waals surface area (Å²) in [5, 5.41) is 9.04. The fourth-order valence-electron chi connectivity index (χ4n) is 2.35. The van der Waals surface area contributed by atoms with Gasteiger partial charge in [-0.15, -0.1) is 0 Å². The van der Waals surface area contributed by atoms with E-state index in [1.807, 2.05) is 6.92 Å². The van der Waals surface area contributed by atoms with Gasteiger partial charge in [-0.1, -0.05) is 37.1 Å². The Kier molecular flexibility index (Phi) is 8.89. The van der Waals surface area contributed by atoms with Crippen molar-refractivity contribution in [1.29, 1.82) is 0 Å². The maximum Gasteiger partial charge on any atom is 0.265 e. The monoisotopic (exact) mass is 433 g/mol. The highest BCUT2D eigenvalue weighted by molar-refractivity contribution is 7.80. The van der Waals surface area contributed by atoms with Crippen LogP contribution in [0, 0.1) is 0 Å². The Morgan fingerprint density at radius 2 is 1.69 bits per heavy atom. The first kappa shape index (κ1) is 22.6. The van der Waals surface area contributed by atoms with Crippen LogP contribution < -0.4 is 20.7 Å². The number of hydrogen-bond acceptors (Lipinski definition) is 4. The number of rotatable bonds is 8. The Labute approximate surface area is 181 Å². The predicted molar refractivity (Wildman–Crippen MR) is 121 cm³/mol. The van der Waals surface area contributed by atoms with Crippen LogP contribution >= 0.6 is 23.8 Å². The fraction of sp³-hybridized carbons (Fsp3) is 0.286. The van der Waals surface area contributed by atoms with Crippen LogP contribution in [0.5, 0.6) is 5.75 Å². The first-order valence-electron chi connectivity index (χ1n) is 9.32. The highest BCUT2D eigenvalue weighted by Gasteiger charge is 2.16. The summed E-state index contributed by atoms with van der Waals surface area (Å²) < 4.78 is 5.61. The first-order valence-corrected chi connectivity index (χ1v) is 10.1. The molecule has 3 N–H and O–H groups in total. The van der Waals surface area contributed by atoms with Gasteiger partial charge in [0.25, 0.3) is 5.91 Å². The minimum atomic E-state index is -0.724. The van der Waals surface area contributed by atoms with E-state index in [1.165, 1.54) is 0 Å².